The fourth-order valence-corrected chi connectivity index (χ4v) is 7.44. The SMILES string of the molecule is N/C(=N\O)C12CCC(CN(C(=O)C34CC(F)(C3)C4)c3cccc(-c4nnc(C5CC5)o4)c3)(CC1)CC2. The number of carbonyl (C=O) groups excluding carboxylic acids is 1. The number of fused-ring (bicyclic) bond motifs is 3. The maximum atomic E-state index is 14.4. The Morgan fingerprint density at radius 1 is 1.11 bits per heavy atom. The Morgan fingerprint density at radius 2 is 1.81 bits per heavy atom. The number of nitrogens with zero attached hydrogens (tertiary/aromatic N) is 4. The lowest BCUT2D eigenvalue weighted by Crippen LogP contribution is -2.71. The van der Waals surface area contributed by atoms with Gasteiger partial charge in [0.1, 0.15) is 11.5 Å². The van der Waals surface area contributed by atoms with E-state index in [1.54, 1.807) is 0 Å². The van der Waals surface area contributed by atoms with Crippen molar-refractivity contribution in [2.45, 2.75) is 82.2 Å². The number of rotatable bonds is 7. The average molecular weight is 494 g/mol. The summed E-state index contributed by atoms with van der Waals surface area (Å²) in [4.78, 5) is 15.9. The highest BCUT2D eigenvalue weighted by atomic mass is 19.1. The number of oxime groups is 1. The number of benzene rings is 1. The molecule has 8 nitrogen and oxygen atoms in total. The summed E-state index contributed by atoms with van der Waals surface area (Å²) in [5, 5.41) is 21.1. The Bertz CT molecular complexity index is 1220. The summed E-state index contributed by atoms with van der Waals surface area (Å²) < 4.78 is 20.3. The van der Waals surface area contributed by atoms with E-state index in [9.17, 15) is 14.4 Å². The molecule has 0 saturated heterocycles. The summed E-state index contributed by atoms with van der Waals surface area (Å²) in [5.74, 6) is 1.90. The van der Waals surface area contributed by atoms with Crippen LogP contribution in [-0.4, -0.2) is 39.4 Å². The first-order valence-electron chi connectivity index (χ1n) is 13.2. The van der Waals surface area contributed by atoms with Gasteiger partial charge < -0.3 is 20.3 Å². The van der Waals surface area contributed by atoms with Gasteiger partial charge in [-0.1, -0.05) is 11.2 Å². The first-order valence-corrected chi connectivity index (χ1v) is 13.2. The van der Waals surface area contributed by atoms with E-state index in [1.807, 2.05) is 29.2 Å². The van der Waals surface area contributed by atoms with Crippen molar-refractivity contribution in [2.24, 2.45) is 27.1 Å². The molecule has 7 aliphatic rings. The highest BCUT2D eigenvalue weighted by Gasteiger charge is 2.73. The van der Waals surface area contributed by atoms with E-state index in [4.69, 9.17) is 10.2 Å². The van der Waals surface area contributed by atoms with E-state index in [0.29, 0.717) is 49.3 Å². The van der Waals surface area contributed by atoms with Crippen LogP contribution >= 0.6 is 0 Å². The molecule has 3 N–H and O–H groups in total. The van der Waals surface area contributed by atoms with Gasteiger partial charge in [-0.2, -0.15) is 0 Å². The normalized spacial score (nSPS) is 36.8. The van der Waals surface area contributed by atoms with E-state index in [0.717, 1.165) is 62.6 Å². The molecular formula is C27H32FN5O3. The predicted octanol–water partition coefficient (Wildman–Crippen LogP) is 4.93. The van der Waals surface area contributed by atoms with E-state index in [2.05, 4.69) is 15.4 Å². The molecule has 190 valence electrons. The monoisotopic (exact) mass is 493 g/mol. The van der Waals surface area contributed by atoms with Crippen LogP contribution in [0.5, 0.6) is 0 Å². The number of alkyl halides is 1. The summed E-state index contributed by atoms with van der Waals surface area (Å²) in [7, 11) is 0. The molecule has 0 atom stereocenters. The van der Waals surface area contributed by atoms with Gasteiger partial charge in [0.2, 0.25) is 17.7 Å². The standard InChI is InChI=1S/C27H32FN5O3/c28-27-13-26(14-27,15-27)23(34)33(16-24-6-9-25(10-7-24,11-8-24)22(29)32-35)19-3-1-2-18(12-19)21-31-30-20(36-21)17-4-5-17/h1-3,12,17,35H,4-11,13-16H2,(H2,29,32). The number of aromatic nitrogens is 2. The van der Waals surface area contributed by atoms with Gasteiger partial charge >= 0.3 is 0 Å². The molecule has 9 heteroatoms. The molecule has 9 rings (SSSR count). The van der Waals surface area contributed by atoms with Crippen LogP contribution in [0, 0.1) is 16.2 Å². The molecule has 0 aliphatic heterocycles. The van der Waals surface area contributed by atoms with Gasteiger partial charge in [0.05, 0.1) is 5.41 Å². The van der Waals surface area contributed by atoms with E-state index < -0.39 is 11.1 Å². The van der Waals surface area contributed by atoms with Crippen LogP contribution in [0.1, 0.15) is 82.4 Å². The Hall–Kier alpha value is -2.97. The van der Waals surface area contributed by atoms with Crippen molar-refractivity contribution in [3.05, 3.63) is 30.2 Å². The molecule has 0 spiro atoms. The summed E-state index contributed by atoms with van der Waals surface area (Å²) in [5.41, 5.74) is 5.72. The quantitative estimate of drug-likeness (QED) is 0.244. The molecule has 7 fully saturated rings. The van der Waals surface area contributed by atoms with Crippen molar-refractivity contribution in [1.82, 2.24) is 10.2 Å². The van der Waals surface area contributed by atoms with Crippen LogP contribution in [0.3, 0.4) is 0 Å². The summed E-state index contributed by atoms with van der Waals surface area (Å²) in [6.07, 6.45) is 8.50. The van der Waals surface area contributed by atoms with E-state index in [-0.39, 0.29) is 16.7 Å². The third-order valence-corrected chi connectivity index (χ3v) is 9.98. The minimum atomic E-state index is -1.14. The number of amides is 1. The highest BCUT2D eigenvalue weighted by Crippen LogP contribution is 2.70. The largest absolute Gasteiger partial charge is 0.420 e. The topological polar surface area (TPSA) is 118 Å². The first-order chi connectivity index (χ1) is 17.3. The number of nitrogens with two attached hydrogens (primary N) is 1. The van der Waals surface area contributed by atoms with Gasteiger partial charge in [-0.05, 0) is 94.2 Å². The van der Waals surface area contributed by atoms with Gasteiger partial charge in [0, 0.05) is 29.1 Å². The van der Waals surface area contributed by atoms with Crippen LogP contribution in [0.15, 0.2) is 33.8 Å². The number of halogens is 1. The number of hydrogen-bond donors (Lipinski definition) is 2. The first kappa shape index (κ1) is 22.2. The fourth-order valence-electron chi connectivity index (χ4n) is 7.44. The van der Waals surface area contributed by atoms with E-state index >= 15 is 0 Å². The van der Waals surface area contributed by atoms with Crippen LogP contribution in [0.25, 0.3) is 11.5 Å². The second kappa shape index (κ2) is 7.29. The van der Waals surface area contributed by atoms with Crippen LogP contribution in [0.2, 0.25) is 0 Å². The summed E-state index contributed by atoms with van der Waals surface area (Å²) >= 11 is 0. The Morgan fingerprint density at radius 3 is 2.42 bits per heavy atom. The van der Waals surface area contributed by atoms with Crippen molar-refractivity contribution < 1.29 is 18.8 Å². The molecule has 36 heavy (non-hydrogen) atoms. The number of carbonyl (C=O) groups is 1. The second-order valence-electron chi connectivity index (χ2n) is 12.4. The maximum absolute atomic E-state index is 14.4. The summed E-state index contributed by atoms with van der Waals surface area (Å²) in [6, 6.07) is 7.77. The smallest absolute Gasteiger partial charge is 0.247 e. The minimum absolute atomic E-state index is 0.0241. The Kier molecular flexibility index (Phi) is 4.51. The molecule has 4 bridgehead atoms. The van der Waals surface area contributed by atoms with Gasteiger partial charge in [0.15, 0.2) is 0 Å². The number of amidine groups is 1. The van der Waals surface area contributed by atoms with Crippen LogP contribution in [0.4, 0.5) is 10.1 Å². The van der Waals surface area contributed by atoms with Gasteiger partial charge in [-0.25, -0.2) is 4.39 Å². The third-order valence-electron chi connectivity index (χ3n) is 9.98. The zero-order valence-corrected chi connectivity index (χ0v) is 20.4. The molecular weight excluding hydrogens is 461 g/mol. The van der Waals surface area contributed by atoms with Crippen molar-refractivity contribution >= 4 is 17.4 Å². The third kappa shape index (κ3) is 3.23. The fraction of sp³-hybridized carbons (Fsp3) is 0.630. The average Bonchev–Trinajstić information content (AvgIpc) is 3.61. The Labute approximate surface area is 209 Å². The second-order valence-corrected chi connectivity index (χ2v) is 12.4. The lowest BCUT2D eigenvalue weighted by atomic mass is 9.41. The lowest BCUT2D eigenvalue weighted by Gasteiger charge is -2.65. The molecule has 7 saturated carbocycles. The van der Waals surface area contributed by atoms with Crippen molar-refractivity contribution in [3.8, 4) is 11.5 Å². The Balaban J connectivity index is 1.19. The van der Waals surface area contributed by atoms with Crippen LogP contribution < -0.4 is 10.6 Å². The maximum Gasteiger partial charge on any atom is 0.247 e. The van der Waals surface area contributed by atoms with E-state index in [1.165, 1.54) is 0 Å². The van der Waals surface area contributed by atoms with Crippen molar-refractivity contribution in [2.75, 3.05) is 11.4 Å². The highest BCUT2D eigenvalue weighted by molar-refractivity contribution is 6.00. The van der Waals surface area contributed by atoms with Gasteiger partial charge in [-0.15, -0.1) is 10.2 Å². The van der Waals surface area contributed by atoms with Crippen LogP contribution in [-0.2, 0) is 4.79 Å². The minimum Gasteiger partial charge on any atom is -0.420 e. The molecule has 1 amide bonds. The molecule has 1 heterocycles. The summed E-state index contributed by atoms with van der Waals surface area (Å²) in [6.45, 7) is 0.597. The van der Waals surface area contributed by atoms with Gasteiger partial charge in [0.25, 0.3) is 0 Å². The molecule has 0 unspecified atom stereocenters. The molecule has 2 aromatic rings. The zero-order valence-electron chi connectivity index (χ0n) is 20.4. The zero-order chi connectivity index (χ0) is 24.8. The molecule has 7 aliphatic carbocycles. The predicted molar refractivity (Wildman–Crippen MR) is 130 cm³/mol. The number of anilines is 1. The molecule has 1 aromatic carbocycles. The number of hydrogen-bond acceptors (Lipinski definition) is 6. The molecule has 0 radical (unpaired) electrons. The molecule has 1 aromatic heterocycles. The van der Waals surface area contributed by atoms with Gasteiger partial charge in [-0.3, -0.25) is 4.79 Å². The lowest BCUT2D eigenvalue weighted by molar-refractivity contribution is -0.211. The van der Waals surface area contributed by atoms with Crippen molar-refractivity contribution in [3.63, 3.8) is 0 Å². The van der Waals surface area contributed by atoms with Crippen molar-refractivity contribution in [1.29, 1.82) is 0 Å².